The van der Waals surface area contributed by atoms with Crippen molar-refractivity contribution in [3.8, 4) is 0 Å². The van der Waals surface area contributed by atoms with Crippen molar-refractivity contribution >= 4 is 48.8 Å². The van der Waals surface area contributed by atoms with E-state index < -0.39 is 0 Å². The maximum Gasteiger partial charge on any atom is 0.0809 e. The molecule has 1 unspecified atom stereocenters. The van der Waals surface area contributed by atoms with E-state index in [-0.39, 0.29) is 0 Å². The first-order valence-corrected chi connectivity index (χ1v) is 9.61. The zero-order valence-electron chi connectivity index (χ0n) is 11.8. The Labute approximate surface area is 141 Å². The van der Waals surface area contributed by atoms with Crippen molar-refractivity contribution < 1.29 is 0 Å². The molecule has 0 radical (unpaired) electrons. The lowest BCUT2D eigenvalue weighted by Gasteiger charge is -2.18. The van der Waals surface area contributed by atoms with E-state index in [9.17, 15) is 0 Å². The van der Waals surface area contributed by atoms with Gasteiger partial charge in [-0.2, -0.15) is 0 Å². The minimum absolute atomic E-state index is 0.328. The SMILES string of the molecule is CCCNC(Cc1cc(Br)cs1)c1cnc2ccsc2c1. The third-order valence-electron chi connectivity index (χ3n) is 3.39. The number of pyridine rings is 1. The van der Waals surface area contributed by atoms with Crippen molar-refractivity contribution in [3.05, 3.63) is 50.1 Å². The maximum absolute atomic E-state index is 4.58. The lowest BCUT2D eigenvalue weighted by Crippen LogP contribution is -2.23. The number of aromatic nitrogens is 1. The first-order valence-electron chi connectivity index (χ1n) is 7.05. The number of thiophene rings is 2. The van der Waals surface area contributed by atoms with Crippen LogP contribution < -0.4 is 5.32 Å². The van der Waals surface area contributed by atoms with Gasteiger partial charge >= 0.3 is 0 Å². The zero-order chi connectivity index (χ0) is 14.7. The van der Waals surface area contributed by atoms with E-state index in [4.69, 9.17) is 0 Å². The quantitative estimate of drug-likeness (QED) is 0.618. The van der Waals surface area contributed by atoms with Crippen LogP contribution in [0.3, 0.4) is 0 Å². The molecule has 1 N–H and O–H groups in total. The standard InChI is InChI=1S/C16H17BrN2S2/c1-2-4-18-15(8-13-7-12(17)10-21-13)11-6-16-14(19-9-11)3-5-20-16/h3,5-7,9-10,15,18H,2,4,8H2,1H3. The topological polar surface area (TPSA) is 24.9 Å². The molecule has 0 aliphatic heterocycles. The molecule has 0 amide bonds. The minimum atomic E-state index is 0.328. The molecule has 1 atom stereocenters. The number of nitrogens with zero attached hydrogens (tertiary/aromatic N) is 1. The van der Waals surface area contributed by atoms with Crippen LogP contribution in [0.15, 0.2) is 39.6 Å². The van der Waals surface area contributed by atoms with Crippen molar-refractivity contribution in [1.29, 1.82) is 0 Å². The van der Waals surface area contributed by atoms with Gasteiger partial charge < -0.3 is 5.32 Å². The van der Waals surface area contributed by atoms with E-state index in [1.54, 1.807) is 22.7 Å². The van der Waals surface area contributed by atoms with Gasteiger partial charge in [0.15, 0.2) is 0 Å². The van der Waals surface area contributed by atoms with Crippen LogP contribution in [0, 0.1) is 0 Å². The van der Waals surface area contributed by atoms with Crippen molar-refractivity contribution in [2.45, 2.75) is 25.8 Å². The Morgan fingerprint density at radius 3 is 3.00 bits per heavy atom. The Morgan fingerprint density at radius 2 is 2.24 bits per heavy atom. The Morgan fingerprint density at radius 1 is 1.33 bits per heavy atom. The van der Waals surface area contributed by atoms with E-state index in [1.165, 1.54) is 19.6 Å². The van der Waals surface area contributed by atoms with Crippen LogP contribution in [0.2, 0.25) is 0 Å². The minimum Gasteiger partial charge on any atom is -0.310 e. The van der Waals surface area contributed by atoms with E-state index >= 15 is 0 Å². The molecule has 3 rings (SSSR count). The van der Waals surface area contributed by atoms with Gasteiger partial charge in [-0.15, -0.1) is 22.7 Å². The molecule has 0 spiro atoms. The second-order valence-electron chi connectivity index (χ2n) is 5.01. The highest BCUT2D eigenvalue weighted by atomic mass is 79.9. The lowest BCUT2D eigenvalue weighted by molar-refractivity contribution is 0.531. The summed E-state index contributed by atoms with van der Waals surface area (Å²) in [6.07, 6.45) is 4.17. The van der Waals surface area contributed by atoms with Crippen LogP contribution in [-0.4, -0.2) is 11.5 Å². The number of nitrogens with one attached hydrogen (secondary N) is 1. The van der Waals surface area contributed by atoms with Gasteiger partial charge in [-0.05, 0) is 58.0 Å². The third-order valence-corrected chi connectivity index (χ3v) is 5.97. The fourth-order valence-electron chi connectivity index (χ4n) is 2.34. The molecule has 3 heterocycles. The summed E-state index contributed by atoms with van der Waals surface area (Å²) in [5.74, 6) is 0. The highest BCUT2D eigenvalue weighted by Gasteiger charge is 2.14. The van der Waals surface area contributed by atoms with Crippen LogP contribution >= 0.6 is 38.6 Å². The molecule has 0 saturated carbocycles. The molecule has 0 saturated heterocycles. The predicted octanol–water partition coefficient (Wildman–Crippen LogP) is 5.40. The molecule has 0 aliphatic rings. The first-order chi connectivity index (χ1) is 10.3. The van der Waals surface area contributed by atoms with E-state index in [0.717, 1.165) is 24.9 Å². The molecule has 0 fully saturated rings. The lowest BCUT2D eigenvalue weighted by atomic mass is 10.0. The van der Waals surface area contributed by atoms with Crippen molar-refractivity contribution in [1.82, 2.24) is 10.3 Å². The Kier molecular flexibility index (Phi) is 5.06. The predicted molar refractivity (Wildman–Crippen MR) is 96.4 cm³/mol. The molecule has 2 nitrogen and oxygen atoms in total. The molecule has 110 valence electrons. The molecular weight excluding hydrogens is 364 g/mol. The average Bonchev–Trinajstić information content (AvgIpc) is 3.11. The first kappa shape index (κ1) is 15.2. The molecule has 5 heteroatoms. The summed E-state index contributed by atoms with van der Waals surface area (Å²) in [7, 11) is 0. The number of fused-ring (bicyclic) bond motifs is 1. The maximum atomic E-state index is 4.58. The summed E-state index contributed by atoms with van der Waals surface area (Å²) in [4.78, 5) is 5.97. The van der Waals surface area contributed by atoms with Gasteiger partial charge in [0.05, 0.1) is 10.2 Å². The van der Waals surface area contributed by atoms with Crippen molar-refractivity contribution in [3.63, 3.8) is 0 Å². The smallest absolute Gasteiger partial charge is 0.0809 e. The number of rotatable bonds is 6. The number of halogens is 1. The Bertz CT molecular complexity index is 720. The number of hydrogen-bond acceptors (Lipinski definition) is 4. The summed E-state index contributed by atoms with van der Waals surface area (Å²) in [6.45, 7) is 3.23. The molecule has 0 aliphatic carbocycles. The third kappa shape index (κ3) is 3.72. The van der Waals surface area contributed by atoms with Crippen LogP contribution in [0.4, 0.5) is 0 Å². The molecule has 3 aromatic rings. The van der Waals surface area contributed by atoms with Gasteiger partial charge in [0.1, 0.15) is 0 Å². The van der Waals surface area contributed by atoms with Crippen LogP contribution in [0.5, 0.6) is 0 Å². The largest absolute Gasteiger partial charge is 0.310 e. The monoisotopic (exact) mass is 380 g/mol. The summed E-state index contributed by atoms with van der Waals surface area (Å²) >= 11 is 7.10. The van der Waals surface area contributed by atoms with Crippen molar-refractivity contribution in [2.24, 2.45) is 0 Å². The van der Waals surface area contributed by atoms with Gasteiger partial charge in [0, 0.05) is 33.4 Å². The van der Waals surface area contributed by atoms with Gasteiger partial charge in [-0.1, -0.05) is 6.92 Å². The second-order valence-corrected chi connectivity index (χ2v) is 7.87. The summed E-state index contributed by atoms with van der Waals surface area (Å²) < 4.78 is 2.44. The van der Waals surface area contributed by atoms with Crippen molar-refractivity contribution in [2.75, 3.05) is 6.54 Å². The molecular formula is C16H17BrN2S2. The Balaban J connectivity index is 1.86. The highest BCUT2D eigenvalue weighted by molar-refractivity contribution is 9.10. The normalized spacial score (nSPS) is 12.9. The highest BCUT2D eigenvalue weighted by Crippen LogP contribution is 2.28. The molecule has 3 aromatic heterocycles. The number of hydrogen-bond donors (Lipinski definition) is 1. The summed E-state index contributed by atoms with van der Waals surface area (Å²) in [6, 6.07) is 6.90. The van der Waals surface area contributed by atoms with Crippen LogP contribution in [0.25, 0.3) is 10.2 Å². The van der Waals surface area contributed by atoms with Gasteiger partial charge in [0.25, 0.3) is 0 Å². The molecule has 21 heavy (non-hydrogen) atoms. The molecule has 0 aromatic carbocycles. The Hall–Kier alpha value is -0.750. The summed E-state index contributed by atoms with van der Waals surface area (Å²) in [5.41, 5.74) is 2.37. The fraction of sp³-hybridized carbons (Fsp3) is 0.312. The zero-order valence-corrected chi connectivity index (χ0v) is 15.0. The average molecular weight is 381 g/mol. The fourth-order valence-corrected chi connectivity index (χ4v) is 4.63. The second kappa shape index (κ2) is 7.01. The van der Waals surface area contributed by atoms with E-state index in [0.29, 0.717) is 6.04 Å². The van der Waals surface area contributed by atoms with E-state index in [1.807, 2.05) is 6.20 Å². The molecule has 0 bridgehead atoms. The summed E-state index contributed by atoms with van der Waals surface area (Å²) in [5, 5.41) is 7.91. The van der Waals surface area contributed by atoms with Gasteiger partial charge in [-0.25, -0.2) is 0 Å². The van der Waals surface area contributed by atoms with Crippen LogP contribution in [0.1, 0.15) is 29.8 Å². The van der Waals surface area contributed by atoms with Crippen LogP contribution in [-0.2, 0) is 6.42 Å². The van der Waals surface area contributed by atoms with E-state index in [2.05, 4.69) is 62.1 Å². The van der Waals surface area contributed by atoms with Gasteiger partial charge in [-0.3, -0.25) is 4.98 Å². The van der Waals surface area contributed by atoms with Gasteiger partial charge in [0.2, 0.25) is 0 Å².